The number of hydrogen-bond acceptors (Lipinski definition) is 8. The fourth-order valence-corrected chi connectivity index (χ4v) is 6.63. The molecule has 0 radical (unpaired) electrons. The topological polar surface area (TPSA) is 98.2 Å². The number of aliphatic hydroxyl groups is 1. The van der Waals surface area contributed by atoms with Gasteiger partial charge in [-0.25, -0.2) is 4.98 Å². The molecule has 1 fully saturated rings. The van der Waals surface area contributed by atoms with Crippen molar-refractivity contribution in [3.05, 3.63) is 82.9 Å². The van der Waals surface area contributed by atoms with Crippen LogP contribution in [0.3, 0.4) is 0 Å². The minimum Gasteiger partial charge on any atom is -0.507 e. The van der Waals surface area contributed by atoms with Gasteiger partial charge < -0.3 is 19.3 Å². The van der Waals surface area contributed by atoms with Gasteiger partial charge in [0.05, 0.1) is 35.0 Å². The van der Waals surface area contributed by atoms with Crippen molar-refractivity contribution in [2.24, 2.45) is 0 Å². The third kappa shape index (κ3) is 5.57. The molecule has 1 amide bonds. The second-order valence-corrected chi connectivity index (χ2v) is 11.8. The Bertz CT molecular complexity index is 1710. The van der Waals surface area contributed by atoms with Crippen molar-refractivity contribution < 1.29 is 28.9 Å². The first-order valence-electron chi connectivity index (χ1n) is 14.7. The zero-order valence-corrected chi connectivity index (χ0v) is 25.3. The Balaban J connectivity index is 1.43. The number of aliphatic hydroxyl groups excluding tert-OH is 1. The lowest BCUT2D eigenvalue weighted by Gasteiger charge is -2.23. The lowest BCUT2D eigenvalue weighted by Crippen LogP contribution is -2.29. The number of ether oxygens (including phenoxy) is 3. The summed E-state index contributed by atoms with van der Waals surface area (Å²) in [4.78, 5) is 33.5. The van der Waals surface area contributed by atoms with Crippen molar-refractivity contribution in [3.8, 4) is 17.2 Å². The third-order valence-corrected chi connectivity index (χ3v) is 8.71. The molecule has 0 aliphatic carbocycles. The first-order chi connectivity index (χ1) is 20.9. The maximum atomic E-state index is 13.7. The Morgan fingerprint density at radius 3 is 2.58 bits per heavy atom. The van der Waals surface area contributed by atoms with Crippen molar-refractivity contribution in [2.75, 3.05) is 18.1 Å². The maximum absolute atomic E-state index is 13.7. The molecule has 1 saturated heterocycles. The summed E-state index contributed by atoms with van der Waals surface area (Å²) < 4.78 is 18.2. The van der Waals surface area contributed by atoms with Crippen LogP contribution >= 0.6 is 11.3 Å². The summed E-state index contributed by atoms with van der Waals surface area (Å²) in [6.07, 6.45) is 3.89. The van der Waals surface area contributed by atoms with Crippen molar-refractivity contribution in [1.29, 1.82) is 0 Å². The maximum Gasteiger partial charge on any atom is 0.301 e. The fourth-order valence-electron chi connectivity index (χ4n) is 5.61. The van der Waals surface area contributed by atoms with E-state index in [1.54, 1.807) is 12.1 Å². The zero-order chi connectivity index (χ0) is 30.1. The van der Waals surface area contributed by atoms with Crippen LogP contribution in [0.25, 0.3) is 16.0 Å². The van der Waals surface area contributed by atoms with E-state index in [0.29, 0.717) is 52.9 Å². The van der Waals surface area contributed by atoms with Gasteiger partial charge in [-0.1, -0.05) is 43.2 Å². The number of hydrogen-bond donors (Lipinski definition) is 1. The highest BCUT2D eigenvalue weighted by molar-refractivity contribution is 7.22. The molecule has 222 valence electrons. The lowest BCUT2D eigenvalue weighted by atomic mass is 9.94. The van der Waals surface area contributed by atoms with E-state index in [0.717, 1.165) is 35.3 Å². The van der Waals surface area contributed by atoms with Crippen molar-refractivity contribution >= 4 is 44.1 Å². The van der Waals surface area contributed by atoms with E-state index in [9.17, 15) is 14.7 Å². The van der Waals surface area contributed by atoms with Gasteiger partial charge in [-0.05, 0) is 79.9 Å². The van der Waals surface area contributed by atoms with Crippen LogP contribution in [0.15, 0.2) is 66.2 Å². The van der Waals surface area contributed by atoms with Gasteiger partial charge in [0.1, 0.15) is 29.1 Å². The van der Waals surface area contributed by atoms with E-state index in [-0.39, 0.29) is 17.4 Å². The quantitative estimate of drug-likeness (QED) is 0.0891. The number of carbonyl (C=O) groups is 2. The predicted molar refractivity (Wildman–Crippen MR) is 167 cm³/mol. The summed E-state index contributed by atoms with van der Waals surface area (Å²) in [6, 6.07) is 17.4. The Hall–Kier alpha value is -4.37. The first kappa shape index (κ1) is 28.7. The van der Waals surface area contributed by atoms with Gasteiger partial charge in [0.2, 0.25) is 0 Å². The highest BCUT2D eigenvalue weighted by Gasteiger charge is 2.48. The van der Waals surface area contributed by atoms with Crippen LogP contribution in [0.5, 0.6) is 17.2 Å². The Kier molecular flexibility index (Phi) is 8.08. The summed E-state index contributed by atoms with van der Waals surface area (Å²) in [5.74, 6) is 0.431. The monoisotopic (exact) mass is 598 g/mol. The lowest BCUT2D eigenvalue weighted by molar-refractivity contribution is -0.132. The number of rotatable bonds is 10. The molecule has 3 heterocycles. The molecule has 0 unspecified atom stereocenters. The van der Waals surface area contributed by atoms with Gasteiger partial charge in [0.25, 0.3) is 5.78 Å². The van der Waals surface area contributed by atoms with Crippen LogP contribution in [0.1, 0.15) is 62.8 Å². The SMILES string of the molecule is CCCCCOc1ccc([C@@H]2C(=C(O)c3ccc4c(c3)C[C@H](C)O4)C(=O)C(=O)N2c2nc3ccc(OCC)cc3s2)cc1. The highest BCUT2D eigenvalue weighted by Crippen LogP contribution is 2.45. The van der Waals surface area contributed by atoms with Gasteiger partial charge in [-0.15, -0.1) is 0 Å². The van der Waals surface area contributed by atoms with Gasteiger partial charge in [0, 0.05) is 12.0 Å². The molecule has 1 aromatic heterocycles. The number of fused-ring (bicyclic) bond motifs is 2. The average Bonchev–Trinajstić information content (AvgIpc) is 3.67. The molecule has 4 aromatic rings. The molecule has 2 aliphatic rings. The fraction of sp³-hybridized carbons (Fsp3) is 0.324. The largest absolute Gasteiger partial charge is 0.507 e. The second kappa shape index (κ2) is 12.1. The van der Waals surface area contributed by atoms with E-state index in [1.807, 2.05) is 62.4 Å². The average molecular weight is 599 g/mol. The molecular weight excluding hydrogens is 564 g/mol. The second-order valence-electron chi connectivity index (χ2n) is 10.8. The number of anilines is 1. The number of unbranched alkanes of at least 4 members (excludes halogenated alkanes) is 2. The number of thiazole rings is 1. The number of nitrogens with zero attached hydrogens (tertiary/aromatic N) is 2. The molecular formula is C34H34N2O6S. The van der Waals surface area contributed by atoms with Crippen LogP contribution in [-0.4, -0.2) is 41.1 Å². The summed E-state index contributed by atoms with van der Waals surface area (Å²) in [5, 5.41) is 12.0. The number of ketones is 1. The summed E-state index contributed by atoms with van der Waals surface area (Å²) in [5.41, 5.74) is 2.77. The van der Waals surface area contributed by atoms with Gasteiger partial charge in [-0.2, -0.15) is 0 Å². The highest BCUT2D eigenvalue weighted by atomic mass is 32.1. The van der Waals surface area contributed by atoms with E-state index < -0.39 is 17.7 Å². The molecule has 2 atom stereocenters. The smallest absolute Gasteiger partial charge is 0.301 e. The Labute approximate surface area is 254 Å². The molecule has 3 aromatic carbocycles. The molecule has 0 saturated carbocycles. The number of amides is 1. The summed E-state index contributed by atoms with van der Waals surface area (Å²) >= 11 is 1.30. The first-order valence-corrected chi connectivity index (χ1v) is 15.6. The van der Waals surface area contributed by atoms with Crippen LogP contribution in [0, 0.1) is 0 Å². The van der Waals surface area contributed by atoms with E-state index in [4.69, 9.17) is 19.2 Å². The molecule has 1 N–H and O–H groups in total. The summed E-state index contributed by atoms with van der Waals surface area (Å²) in [7, 11) is 0. The van der Waals surface area contributed by atoms with Crippen molar-refractivity contribution in [1.82, 2.24) is 4.98 Å². The van der Waals surface area contributed by atoms with Crippen LogP contribution in [0.4, 0.5) is 5.13 Å². The zero-order valence-electron chi connectivity index (χ0n) is 24.5. The minimum absolute atomic E-state index is 0.0165. The van der Waals surface area contributed by atoms with Crippen molar-refractivity contribution in [2.45, 2.75) is 58.6 Å². The molecule has 9 heteroatoms. The molecule has 0 spiro atoms. The Morgan fingerprint density at radius 1 is 1.02 bits per heavy atom. The Morgan fingerprint density at radius 2 is 1.81 bits per heavy atom. The van der Waals surface area contributed by atoms with Gasteiger partial charge in [-0.3, -0.25) is 14.5 Å². The van der Waals surface area contributed by atoms with Crippen LogP contribution in [-0.2, 0) is 16.0 Å². The molecule has 2 aliphatic heterocycles. The van der Waals surface area contributed by atoms with Gasteiger partial charge in [0.15, 0.2) is 5.13 Å². The molecule has 6 rings (SSSR count). The molecule has 0 bridgehead atoms. The normalized spacial score (nSPS) is 19.1. The van der Waals surface area contributed by atoms with Crippen molar-refractivity contribution in [3.63, 3.8) is 0 Å². The van der Waals surface area contributed by atoms with E-state index >= 15 is 0 Å². The number of aromatic nitrogens is 1. The third-order valence-electron chi connectivity index (χ3n) is 7.69. The number of benzene rings is 3. The standard InChI is InChI=1S/C34H34N2O6S/c1-4-6-7-16-41-24-11-8-21(9-12-24)30-29(31(37)22-10-15-27-23(18-22)17-20(3)42-27)32(38)33(39)36(30)34-35-26-14-13-25(40-5-2)19-28(26)43-34/h8-15,18-20,30,37H,4-7,16-17H2,1-3H3/t20-,30+/m0/s1. The van der Waals surface area contributed by atoms with Gasteiger partial charge >= 0.3 is 5.91 Å². The van der Waals surface area contributed by atoms with Crippen LogP contribution in [0.2, 0.25) is 0 Å². The molecule has 8 nitrogen and oxygen atoms in total. The predicted octanol–water partition coefficient (Wildman–Crippen LogP) is 7.21. The minimum atomic E-state index is -0.885. The van der Waals surface area contributed by atoms with E-state index in [2.05, 4.69) is 6.92 Å². The van der Waals surface area contributed by atoms with E-state index in [1.165, 1.54) is 16.2 Å². The number of Topliss-reactive ketones (excluding diaryl/α,β-unsaturated/α-hetero) is 1. The molecule has 43 heavy (non-hydrogen) atoms. The number of carbonyl (C=O) groups excluding carboxylic acids is 2. The summed E-state index contributed by atoms with van der Waals surface area (Å²) in [6.45, 7) is 7.18. The van der Waals surface area contributed by atoms with Crippen LogP contribution < -0.4 is 19.1 Å².